The molecule has 0 saturated heterocycles. The van der Waals surface area contributed by atoms with Crippen molar-refractivity contribution in [1.29, 1.82) is 0 Å². The van der Waals surface area contributed by atoms with Crippen molar-refractivity contribution in [2.75, 3.05) is 0 Å². The van der Waals surface area contributed by atoms with Crippen molar-refractivity contribution in [3.05, 3.63) is 0 Å². The van der Waals surface area contributed by atoms with Gasteiger partial charge >= 0.3 is 5.97 Å². The van der Waals surface area contributed by atoms with Crippen molar-refractivity contribution in [1.82, 2.24) is 0 Å². The van der Waals surface area contributed by atoms with Crippen LogP contribution in [0.3, 0.4) is 0 Å². The molecule has 0 heterocycles. The summed E-state index contributed by atoms with van der Waals surface area (Å²) in [5.41, 5.74) is -0.580. The molecule has 0 aliphatic heterocycles. The number of rotatable bonds is 4. The van der Waals surface area contributed by atoms with Crippen molar-refractivity contribution in [2.24, 2.45) is 5.92 Å². The molecule has 1 fully saturated rings. The van der Waals surface area contributed by atoms with E-state index in [4.69, 9.17) is 4.74 Å². The number of carbonyl (C=O) groups excluding carboxylic acids is 1. The van der Waals surface area contributed by atoms with Gasteiger partial charge in [-0.2, -0.15) is 0 Å². The van der Waals surface area contributed by atoms with Gasteiger partial charge in [0.2, 0.25) is 0 Å². The van der Waals surface area contributed by atoms with E-state index in [0.717, 1.165) is 25.7 Å². The highest BCUT2D eigenvalue weighted by atomic mass is 127. The van der Waals surface area contributed by atoms with Crippen LogP contribution in [0.25, 0.3) is 0 Å². The first-order valence-corrected chi connectivity index (χ1v) is 7.38. The normalized spacial score (nSPS) is 34.1. The van der Waals surface area contributed by atoms with Gasteiger partial charge in [0.15, 0.2) is 0 Å². The molecule has 3 nitrogen and oxygen atoms in total. The van der Waals surface area contributed by atoms with Gasteiger partial charge in [0.1, 0.15) is 9.53 Å². The fourth-order valence-electron chi connectivity index (χ4n) is 2.20. The predicted octanol–water partition coefficient (Wildman–Crippen LogP) is 3.07. The molecule has 1 N–H and O–H groups in total. The second-order valence-corrected chi connectivity index (χ2v) is 8.04. The van der Waals surface area contributed by atoms with Gasteiger partial charge < -0.3 is 9.84 Å². The van der Waals surface area contributed by atoms with Gasteiger partial charge in [-0.05, 0) is 52.4 Å². The minimum atomic E-state index is -0.580. The summed E-state index contributed by atoms with van der Waals surface area (Å²) in [7, 11) is 0. The van der Waals surface area contributed by atoms with Crippen LogP contribution in [0.4, 0.5) is 0 Å². The third-order valence-electron chi connectivity index (χ3n) is 3.80. The maximum absolute atomic E-state index is 11.9. The van der Waals surface area contributed by atoms with E-state index in [1.165, 1.54) is 0 Å². The number of aliphatic hydroxyl groups is 1. The van der Waals surface area contributed by atoms with Crippen molar-refractivity contribution < 1.29 is 14.6 Å². The predicted molar refractivity (Wildman–Crippen MR) is 76.2 cm³/mol. The Morgan fingerprint density at radius 2 is 2.29 bits per heavy atom. The van der Waals surface area contributed by atoms with Crippen molar-refractivity contribution in [3.63, 3.8) is 0 Å². The van der Waals surface area contributed by atoms with E-state index < -0.39 is 9.02 Å². The molecule has 4 heteroatoms. The average Bonchev–Trinajstić information content (AvgIpc) is 2.58. The van der Waals surface area contributed by atoms with E-state index in [1.54, 1.807) is 0 Å². The van der Waals surface area contributed by atoms with Crippen LogP contribution in [0.5, 0.6) is 0 Å². The SMILES string of the molecule is CCC(C)(I)C(=O)OC(C)C1CCC(C)(O)C1. The third-order valence-corrected chi connectivity index (χ3v) is 5.01. The summed E-state index contributed by atoms with van der Waals surface area (Å²) in [6.07, 6.45) is 3.13. The lowest BCUT2D eigenvalue weighted by atomic mass is 9.98. The molecule has 0 bridgehead atoms. The highest BCUT2D eigenvalue weighted by Gasteiger charge is 2.38. The molecule has 17 heavy (non-hydrogen) atoms. The van der Waals surface area contributed by atoms with E-state index >= 15 is 0 Å². The third kappa shape index (κ3) is 4.09. The van der Waals surface area contributed by atoms with Crippen LogP contribution < -0.4 is 0 Å². The summed E-state index contributed by atoms with van der Waals surface area (Å²) in [6.45, 7) is 7.68. The lowest BCUT2D eigenvalue weighted by molar-refractivity contribution is -0.153. The van der Waals surface area contributed by atoms with Crippen LogP contribution in [0.2, 0.25) is 0 Å². The Balaban J connectivity index is 2.51. The largest absolute Gasteiger partial charge is 0.461 e. The monoisotopic (exact) mass is 354 g/mol. The Bertz CT molecular complexity index is 286. The summed E-state index contributed by atoms with van der Waals surface area (Å²) < 4.78 is 5.09. The number of ether oxygens (including phenoxy) is 1. The summed E-state index contributed by atoms with van der Waals surface area (Å²) in [6, 6.07) is 0. The minimum Gasteiger partial charge on any atom is -0.461 e. The Kier molecular flexibility index (Phi) is 4.86. The number of hydrogen-bond donors (Lipinski definition) is 1. The van der Waals surface area contributed by atoms with Crippen molar-refractivity contribution in [2.45, 2.75) is 68.5 Å². The number of halogens is 1. The molecule has 0 amide bonds. The highest BCUT2D eigenvalue weighted by molar-refractivity contribution is 14.1. The zero-order valence-corrected chi connectivity index (χ0v) is 13.3. The van der Waals surface area contributed by atoms with Crippen molar-refractivity contribution >= 4 is 28.6 Å². The van der Waals surface area contributed by atoms with Gasteiger partial charge in [-0.15, -0.1) is 0 Å². The average molecular weight is 354 g/mol. The number of esters is 1. The zero-order valence-electron chi connectivity index (χ0n) is 11.1. The van der Waals surface area contributed by atoms with Gasteiger partial charge in [0, 0.05) is 0 Å². The van der Waals surface area contributed by atoms with E-state index in [1.807, 2.05) is 27.7 Å². The van der Waals surface area contributed by atoms with E-state index in [-0.39, 0.29) is 18.0 Å². The van der Waals surface area contributed by atoms with Gasteiger partial charge in [-0.3, -0.25) is 4.79 Å². The summed E-state index contributed by atoms with van der Waals surface area (Å²) >= 11 is 2.15. The van der Waals surface area contributed by atoms with Crippen LogP contribution >= 0.6 is 22.6 Å². The van der Waals surface area contributed by atoms with Gasteiger partial charge in [0.05, 0.1) is 5.60 Å². The Morgan fingerprint density at radius 1 is 1.71 bits per heavy atom. The Labute approximate surface area is 117 Å². The molecule has 4 atom stereocenters. The second kappa shape index (κ2) is 5.43. The van der Waals surface area contributed by atoms with Crippen LogP contribution in [0.1, 0.15) is 53.4 Å². The molecule has 1 saturated carbocycles. The van der Waals surface area contributed by atoms with E-state index in [2.05, 4.69) is 22.6 Å². The molecule has 1 aliphatic carbocycles. The Hall–Kier alpha value is 0.160. The zero-order chi connectivity index (χ0) is 13.3. The quantitative estimate of drug-likeness (QED) is 0.480. The van der Waals surface area contributed by atoms with Gasteiger partial charge in [-0.1, -0.05) is 29.5 Å². The molecule has 0 spiro atoms. The molecule has 1 aliphatic rings. The first-order valence-electron chi connectivity index (χ1n) is 6.30. The Morgan fingerprint density at radius 3 is 2.71 bits per heavy atom. The molecule has 100 valence electrons. The van der Waals surface area contributed by atoms with Crippen LogP contribution in [-0.2, 0) is 9.53 Å². The minimum absolute atomic E-state index is 0.0999. The fraction of sp³-hybridized carbons (Fsp3) is 0.923. The maximum Gasteiger partial charge on any atom is 0.322 e. The number of carbonyl (C=O) groups is 1. The molecule has 1 rings (SSSR count). The fourth-order valence-corrected chi connectivity index (χ4v) is 2.33. The number of alkyl halides is 1. The molecule has 0 aromatic heterocycles. The lowest BCUT2D eigenvalue weighted by Gasteiger charge is -2.26. The smallest absolute Gasteiger partial charge is 0.322 e. The second-order valence-electron chi connectivity index (χ2n) is 5.66. The maximum atomic E-state index is 11.9. The lowest BCUT2D eigenvalue weighted by Crippen LogP contribution is -2.34. The molecule has 4 unspecified atom stereocenters. The van der Waals surface area contributed by atoms with Crippen molar-refractivity contribution in [3.8, 4) is 0 Å². The molecule has 0 radical (unpaired) electrons. The molecule has 0 aromatic rings. The van der Waals surface area contributed by atoms with E-state index in [9.17, 15) is 9.90 Å². The first-order chi connectivity index (χ1) is 7.68. The van der Waals surface area contributed by atoms with Crippen LogP contribution in [0.15, 0.2) is 0 Å². The first kappa shape index (κ1) is 15.2. The summed E-state index contributed by atoms with van der Waals surface area (Å²) in [4.78, 5) is 11.9. The van der Waals surface area contributed by atoms with Gasteiger partial charge in [-0.25, -0.2) is 0 Å². The molecular formula is C13H23IO3. The number of hydrogen-bond acceptors (Lipinski definition) is 3. The summed E-state index contributed by atoms with van der Waals surface area (Å²) in [5.74, 6) is 0.151. The van der Waals surface area contributed by atoms with Crippen LogP contribution in [-0.4, -0.2) is 26.2 Å². The van der Waals surface area contributed by atoms with Gasteiger partial charge in [0.25, 0.3) is 0 Å². The van der Waals surface area contributed by atoms with E-state index in [0.29, 0.717) is 0 Å². The highest BCUT2D eigenvalue weighted by Crippen LogP contribution is 2.37. The molecule has 0 aromatic carbocycles. The van der Waals surface area contributed by atoms with Crippen LogP contribution in [0, 0.1) is 5.92 Å². The molecular weight excluding hydrogens is 331 g/mol. The topological polar surface area (TPSA) is 46.5 Å². The standard InChI is InChI=1S/C13H23IO3/c1-5-13(4,14)11(15)17-9(2)10-6-7-12(3,16)8-10/h9-10,16H,5-8H2,1-4H3. The summed E-state index contributed by atoms with van der Waals surface area (Å²) in [5, 5.41) is 9.91.